The molecule has 1 amide bonds. The zero-order valence-corrected chi connectivity index (χ0v) is 20.2. The van der Waals surface area contributed by atoms with Gasteiger partial charge in [0, 0.05) is 33.1 Å². The van der Waals surface area contributed by atoms with Crippen LogP contribution in [0.2, 0.25) is 0 Å². The number of hydrogen-bond acceptors (Lipinski definition) is 7. The number of ether oxygens (including phenoxy) is 1. The number of aromatic nitrogens is 2. The van der Waals surface area contributed by atoms with Gasteiger partial charge in [0.05, 0.1) is 18.6 Å². The van der Waals surface area contributed by atoms with Crippen molar-refractivity contribution < 1.29 is 22.5 Å². The Morgan fingerprint density at radius 2 is 1.79 bits per heavy atom. The van der Waals surface area contributed by atoms with Crippen LogP contribution in [0.4, 0.5) is 0 Å². The second-order valence-corrected chi connectivity index (χ2v) is 10.0. The Labute approximate surface area is 194 Å². The van der Waals surface area contributed by atoms with Gasteiger partial charge in [-0.1, -0.05) is 35.0 Å². The third-order valence-electron chi connectivity index (χ3n) is 5.21. The molecule has 0 aliphatic rings. The molecule has 1 heterocycles. The maximum atomic E-state index is 12.7. The summed E-state index contributed by atoms with van der Waals surface area (Å²) in [4.78, 5) is 18.7. The summed E-state index contributed by atoms with van der Waals surface area (Å²) in [6, 6.07) is 12.4. The molecule has 0 N–H and O–H groups in total. The van der Waals surface area contributed by atoms with Crippen LogP contribution >= 0.6 is 0 Å². The average molecular weight is 473 g/mol. The summed E-state index contributed by atoms with van der Waals surface area (Å²) in [5.41, 5.74) is 2.61. The molecule has 33 heavy (non-hydrogen) atoms. The Bertz CT molecular complexity index is 1220. The van der Waals surface area contributed by atoms with Crippen LogP contribution in [0, 0.1) is 6.92 Å². The van der Waals surface area contributed by atoms with E-state index in [1.165, 1.54) is 32.2 Å². The van der Waals surface area contributed by atoms with Gasteiger partial charge < -0.3 is 14.2 Å². The van der Waals surface area contributed by atoms with Gasteiger partial charge in [0.1, 0.15) is 5.75 Å². The minimum Gasteiger partial charge on any atom is -0.496 e. The number of rotatable bonds is 9. The Morgan fingerprint density at radius 1 is 1.09 bits per heavy atom. The Balaban J connectivity index is 1.65. The fourth-order valence-electron chi connectivity index (χ4n) is 3.18. The number of benzene rings is 2. The van der Waals surface area contributed by atoms with Crippen molar-refractivity contribution in [3.05, 3.63) is 59.5 Å². The Morgan fingerprint density at radius 3 is 2.42 bits per heavy atom. The SMILES string of the molecule is COc1ccc(S(=O)(=O)N(C)C)cc1CCC(=O)N(C)Cc1nc(-c2ccc(C)cc2)no1. The number of amides is 1. The molecule has 0 aliphatic heterocycles. The van der Waals surface area contributed by atoms with Gasteiger partial charge in [0.15, 0.2) is 0 Å². The van der Waals surface area contributed by atoms with Gasteiger partial charge in [-0.2, -0.15) is 4.98 Å². The number of sulfonamides is 1. The van der Waals surface area contributed by atoms with Crippen molar-refractivity contribution in [1.82, 2.24) is 19.3 Å². The lowest BCUT2D eigenvalue weighted by Crippen LogP contribution is -2.26. The Kier molecular flexibility index (Phi) is 7.50. The van der Waals surface area contributed by atoms with E-state index in [0.29, 0.717) is 29.4 Å². The zero-order chi connectivity index (χ0) is 24.2. The molecule has 0 spiro atoms. The van der Waals surface area contributed by atoms with E-state index in [-0.39, 0.29) is 23.8 Å². The third-order valence-corrected chi connectivity index (χ3v) is 7.03. The summed E-state index contributed by atoms with van der Waals surface area (Å²) < 4.78 is 36.7. The van der Waals surface area contributed by atoms with E-state index in [1.54, 1.807) is 19.2 Å². The molecule has 176 valence electrons. The van der Waals surface area contributed by atoms with Gasteiger partial charge in [0.25, 0.3) is 0 Å². The summed E-state index contributed by atoms with van der Waals surface area (Å²) in [6.45, 7) is 2.17. The molecule has 0 saturated heterocycles. The van der Waals surface area contributed by atoms with Gasteiger partial charge in [-0.15, -0.1) is 0 Å². The number of carbonyl (C=O) groups excluding carboxylic acids is 1. The van der Waals surface area contributed by atoms with Gasteiger partial charge in [0.2, 0.25) is 27.6 Å². The van der Waals surface area contributed by atoms with Crippen LogP contribution in [0.5, 0.6) is 5.75 Å². The van der Waals surface area contributed by atoms with Crippen molar-refractivity contribution in [2.75, 3.05) is 28.3 Å². The van der Waals surface area contributed by atoms with Crippen LogP contribution in [-0.4, -0.2) is 61.9 Å². The van der Waals surface area contributed by atoms with E-state index in [2.05, 4.69) is 10.1 Å². The number of nitrogens with zero attached hydrogens (tertiary/aromatic N) is 4. The van der Waals surface area contributed by atoms with Crippen LogP contribution in [0.1, 0.15) is 23.4 Å². The second kappa shape index (κ2) is 10.1. The molecule has 0 unspecified atom stereocenters. The van der Waals surface area contributed by atoms with E-state index in [0.717, 1.165) is 15.4 Å². The molecule has 0 aliphatic carbocycles. The zero-order valence-electron chi connectivity index (χ0n) is 19.4. The maximum Gasteiger partial charge on any atom is 0.246 e. The molecule has 0 saturated carbocycles. The highest BCUT2D eigenvalue weighted by Crippen LogP contribution is 2.25. The molecule has 0 atom stereocenters. The number of methoxy groups -OCH3 is 1. The van der Waals surface area contributed by atoms with Gasteiger partial charge >= 0.3 is 0 Å². The van der Waals surface area contributed by atoms with Gasteiger partial charge in [-0.3, -0.25) is 4.79 Å². The first-order valence-corrected chi connectivity index (χ1v) is 11.8. The Hall–Kier alpha value is -3.24. The molecule has 2 aromatic carbocycles. The largest absolute Gasteiger partial charge is 0.496 e. The summed E-state index contributed by atoms with van der Waals surface area (Å²) in [6.07, 6.45) is 0.485. The van der Waals surface area contributed by atoms with E-state index >= 15 is 0 Å². The molecule has 3 aromatic rings. The molecule has 0 fully saturated rings. The maximum absolute atomic E-state index is 12.7. The lowest BCUT2D eigenvalue weighted by molar-refractivity contribution is -0.130. The summed E-state index contributed by atoms with van der Waals surface area (Å²) >= 11 is 0. The first-order valence-electron chi connectivity index (χ1n) is 10.3. The summed E-state index contributed by atoms with van der Waals surface area (Å²) in [5.74, 6) is 1.18. The normalized spacial score (nSPS) is 11.6. The molecule has 9 nitrogen and oxygen atoms in total. The minimum atomic E-state index is -3.59. The van der Waals surface area contributed by atoms with Crippen LogP contribution in [0.25, 0.3) is 11.4 Å². The van der Waals surface area contributed by atoms with E-state index in [1.807, 2.05) is 31.2 Å². The van der Waals surface area contributed by atoms with Crippen LogP contribution in [0.3, 0.4) is 0 Å². The predicted octanol–water partition coefficient (Wildman–Crippen LogP) is 2.90. The smallest absolute Gasteiger partial charge is 0.246 e. The van der Waals surface area contributed by atoms with Crippen molar-refractivity contribution in [2.45, 2.75) is 31.2 Å². The van der Waals surface area contributed by atoms with Gasteiger partial charge in [-0.25, -0.2) is 12.7 Å². The van der Waals surface area contributed by atoms with Crippen molar-refractivity contribution in [3.63, 3.8) is 0 Å². The van der Waals surface area contributed by atoms with Gasteiger partial charge in [-0.05, 0) is 37.1 Å². The van der Waals surface area contributed by atoms with Crippen molar-refractivity contribution in [3.8, 4) is 17.1 Å². The first kappa shape index (κ1) is 24.4. The van der Waals surface area contributed by atoms with Crippen molar-refractivity contribution in [2.24, 2.45) is 0 Å². The van der Waals surface area contributed by atoms with E-state index in [4.69, 9.17) is 9.26 Å². The second-order valence-electron chi connectivity index (χ2n) is 7.89. The average Bonchev–Trinajstić information content (AvgIpc) is 3.25. The lowest BCUT2D eigenvalue weighted by atomic mass is 10.1. The van der Waals surface area contributed by atoms with Crippen molar-refractivity contribution in [1.29, 1.82) is 0 Å². The lowest BCUT2D eigenvalue weighted by Gasteiger charge is -2.17. The quantitative estimate of drug-likeness (QED) is 0.471. The summed E-state index contributed by atoms with van der Waals surface area (Å²) in [7, 11) is 2.52. The molecular formula is C23H28N4O5S. The molecule has 10 heteroatoms. The highest BCUT2D eigenvalue weighted by Gasteiger charge is 2.20. The predicted molar refractivity (Wildman–Crippen MR) is 123 cm³/mol. The topological polar surface area (TPSA) is 106 Å². The fraction of sp³-hybridized carbons (Fsp3) is 0.348. The van der Waals surface area contributed by atoms with E-state index in [9.17, 15) is 13.2 Å². The molecule has 1 aromatic heterocycles. The molecule has 0 bridgehead atoms. The van der Waals surface area contributed by atoms with Crippen LogP contribution in [0.15, 0.2) is 51.9 Å². The molecule has 3 rings (SSSR count). The highest BCUT2D eigenvalue weighted by molar-refractivity contribution is 7.89. The molecule has 0 radical (unpaired) electrons. The summed E-state index contributed by atoms with van der Waals surface area (Å²) in [5, 5.41) is 3.99. The van der Waals surface area contributed by atoms with Crippen LogP contribution in [-0.2, 0) is 27.8 Å². The monoisotopic (exact) mass is 472 g/mol. The third kappa shape index (κ3) is 5.77. The van der Waals surface area contributed by atoms with Crippen molar-refractivity contribution >= 4 is 15.9 Å². The highest BCUT2D eigenvalue weighted by atomic mass is 32.2. The number of aryl methyl sites for hydroxylation is 2. The van der Waals surface area contributed by atoms with E-state index < -0.39 is 10.0 Å². The standard InChI is InChI=1S/C23H28N4O5S/c1-16-6-8-17(9-7-16)23-24-21(32-25-23)15-27(4)22(28)13-10-18-14-19(11-12-20(18)31-5)33(29,30)26(2)3/h6-9,11-12,14H,10,13,15H2,1-5H3. The number of carbonyl (C=O) groups is 1. The minimum absolute atomic E-state index is 0.145. The number of hydrogen-bond donors (Lipinski definition) is 0. The van der Waals surface area contributed by atoms with Crippen LogP contribution < -0.4 is 4.74 Å². The molecular weight excluding hydrogens is 444 g/mol. The first-order chi connectivity index (χ1) is 15.6. The fourth-order valence-corrected chi connectivity index (χ4v) is 4.14.